The molecule has 6 bridgehead atoms. The van der Waals surface area contributed by atoms with Crippen LogP contribution in [0.25, 0.3) is 87.0 Å². The normalized spacial score (nSPS) is 11.5. The van der Waals surface area contributed by atoms with Crippen LogP contribution in [-0.4, -0.2) is 0 Å². The van der Waals surface area contributed by atoms with Crippen molar-refractivity contribution in [1.29, 1.82) is 0 Å². The first-order valence-electron chi connectivity index (χ1n) is 15.6. The van der Waals surface area contributed by atoms with Gasteiger partial charge in [-0.2, -0.15) is 0 Å². The first kappa shape index (κ1) is 26.3. The van der Waals surface area contributed by atoms with E-state index >= 15 is 0 Å². The number of para-hydroxylation sites is 2. The van der Waals surface area contributed by atoms with Gasteiger partial charge in [-0.15, -0.1) is 0 Å². The van der Waals surface area contributed by atoms with Crippen LogP contribution in [0.4, 0.5) is 0 Å². The minimum absolute atomic E-state index is 0.664. The molecule has 8 aromatic carbocycles. The topological polar surface area (TPSA) is 26.3 Å². The molecule has 0 aliphatic heterocycles. The maximum Gasteiger partial charge on any atom is 0.169 e. The van der Waals surface area contributed by atoms with Gasteiger partial charge >= 0.3 is 0 Å². The SMILES string of the molecule is c1ccc2oc3ccc(cc3)c3ccccc3c3c4ccccc4c(c4ccccc4c4ccc(cc4)oc2c1)c1ccccc13. The molecule has 13 aromatic rings. The zero-order valence-electron chi connectivity index (χ0n) is 25.0. The summed E-state index contributed by atoms with van der Waals surface area (Å²) >= 11 is 0. The maximum absolute atomic E-state index is 6.38. The smallest absolute Gasteiger partial charge is 0.169 e. The quantitative estimate of drug-likeness (QED) is 0.165. The summed E-state index contributed by atoms with van der Waals surface area (Å²) in [7, 11) is 0. The zero-order valence-corrected chi connectivity index (χ0v) is 25.0. The van der Waals surface area contributed by atoms with Gasteiger partial charge < -0.3 is 8.83 Å². The van der Waals surface area contributed by atoms with Crippen molar-refractivity contribution in [2.45, 2.75) is 0 Å². The van der Waals surface area contributed by atoms with Crippen LogP contribution >= 0.6 is 0 Å². The van der Waals surface area contributed by atoms with E-state index in [1.165, 1.54) is 53.9 Å². The largest absolute Gasteiger partial charge is 0.453 e. The lowest BCUT2D eigenvalue weighted by atomic mass is 9.90. The molecule has 2 heteroatoms. The molecule has 0 saturated heterocycles. The van der Waals surface area contributed by atoms with Crippen LogP contribution in [0.5, 0.6) is 0 Å². The number of benzene rings is 8. The van der Waals surface area contributed by atoms with E-state index in [2.05, 4.69) is 121 Å². The van der Waals surface area contributed by atoms with Gasteiger partial charge in [0.05, 0.1) is 0 Å². The molecule has 0 N–H and O–H groups in total. The van der Waals surface area contributed by atoms with E-state index in [9.17, 15) is 0 Å². The van der Waals surface area contributed by atoms with Crippen molar-refractivity contribution in [1.82, 2.24) is 0 Å². The van der Waals surface area contributed by atoms with Crippen LogP contribution in [0.2, 0.25) is 0 Å². The van der Waals surface area contributed by atoms with E-state index in [0.717, 1.165) is 21.9 Å². The maximum atomic E-state index is 6.38. The Morgan fingerprint density at radius 3 is 0.826 bits per heavy atom. The summed E-state index contributed by atoms with van der Waals surface area (Å²) < 4.78 is 12.8. The molecule has 0 aliphatic carbocycles. The number of hydrogen-bond acceptors (Lipinski definition) is 2. The molecular formula is C44H28O2. The molecule has 13 rings (SSSR count). The highest BCUT2D eigenvalue weighted by atomic mass is 16.4. The second-order valence-electron chi connectivity index (χ2n) is 11.6. The fraction of sp³-hybridized carbons (Fsp3) is 0. The van der Waals surface area contributed by atoms with Crippen molar-refractivity contribution in [3.8, 4) is 0 Å². The van der Waals surface area contributed by atoms with Crippen molar-refractivity contribution in [2.75, 3.05) is 0 Å². The molecule has 5 aromatic heterocycles. The predicted molar refractivity (Wildman–Crippen MR) is 195 cm³/mol. The summed E-state index contributed by atoms with van der Waals surface area (Å²) in [5.41, 5.74) is 2.83. The van der Waals surface area contributed by atoms with Crippen LogP contribution in [-0.2, 0) is 0 Å². The Hall–Kier alpha value is -6.12. The fourth-order valence-corrected chi connectivity index (χ4v) is 6.89. The van der Waals surface area contributed by atoms with Gasteiger partial charge in [-0.05, 0) is 101 Å². The fourth-order valence-electron chi connectivity index (χ4n) is 6.89. The molecule has 0 atom stereocenters. The lowest BCUT2D eigenvalue weighted by Crippen LogP contribution is -1.85. The third-order valence-electron chi connectivity index (χ3n) is 8.96. The van der Waals surface area contributed by atoms with Crippen molar-refractivity contribution < 1.29 is 8.83 Å². The third kappa shape index (κ3) is 4.35. The standard InChI is InChI=1S/C44H28O2/c1-3-13-35-33(11-1)29-21-25-31(26-22-29)45-41-19-9-10-20-42(41)46-32-27-23-30(24-28-32)34-12-2-4-14-36(34)44-39-17-7-5-15-37(39)43(35)38-16-6-8-18-40(38)44/h1-28H. The molecular weight excluding hydrogens is 560 g/mol. The molecule has 5 heterocycles. The van der Waals surface area contributed by atoms with E-state index in [0.29, 0.717) is 11.2 Å². The Kier molecular flexibility index (Phi) is 6.17. The van der Waals surface area contributed by atoms with Gasteiger partial charge in [0.15, 0.2) is 11.2 Å². The van der Waals surface area contributed by atoms with Gasteiger partial charge in [0.1, 0.15) is 11.2 Å². The van der Waals surface area contributed by atoms with Crippen LogP contribution in [0, 0.1) is 0 Å². The molecule has 216 valence electrons. The minimum Gasteiger partial charge on any atom is -0.453 e. The average Bonchev–Trinajstić information content (AvgIpc) is 3.12. The molecule has 0 radical (unpaired) electrons. The van der Waals surface area contributed by atoms with Gasteiger partial charge in [-0.3, -0.25) is 0 Å². The van der Waals surface area contributed by atoms with Gasteiger partial charge in [0.2, 0.25) is 0 Å². The van der Waals surface area contributed by atoms with E-state index in [-0.39, 0.29) is 0 Å². The third-order valence-corrected chi connectivity index (χ3v) is 8.96. The van der Waals surface area contributed by atoms with Gasteiger partial charge in [-0.1, -0.05) is 133 Å². The average molecular weight is 589 g/mol. The van der Waals surface area contributed by atoms with E-state index in [1.54, 1.807) is 0 Å². The van der Waals surface area contributed by atoms with Crippen molar-refractivity contribution in [3.05, 3.63) is 170 Å². The summed E-state index contributed by atoms with van der Waals surface area (Å²) in [5.74, 6) is 0. The number of hydrogen-bond donors (Lipinski definition) is 0. The molecule has 46 heavy (non-hydrogen) atoms. The molecule has 0 unspecified atom stereocenters. The lowest BCUT2D eigenvalue weighted by Gasteiger charge is -2.13. The highest BCUT2D eigenvalue weighted by Crippen LogP contribution is 2.40. The van der Waals surface area contributed by atoms with E-state index < -0.39 is 0 Å². The Morgan fingerprint density at radius 2 is 0.500 bits per heavy atom. The van der Waals surface area contributed by atoms with Crippen LogP contribution in [0.3, 0.4) is 0 Å². The highest BCUT2D eigenvalue weighted by molar-refractivity contribution is 6.35. The van der Waals surface area contributed by atoms with Crippen LogP contribution in [0.1, 0.15) is 0 Å². The van der Waals surface area contributed by atoms with Crippen LogP contribution < -0.4 is 0 Å². The Balaban J connectivity index is 1.60. The van der Waals surface area contributed by atoms with Crippen LogP contribution in [0.15, 0.2) is 179 Å². The summed E-state index contributed by atoms with van der Waals surface area (Å²) in [6.07, 6.45) is 0. The van der Waals surface area contributed by atoms with Crippen molar-refractivity contribution in [2.24, 2.45) is 0 Å². The van der Waals surface area contributed by atoms with Crippen molar-refractivity contribution in [3.63, 3.8) is 0 Å². The van der Waals surface area contributed by atoms with E-state index in [1.807, 2.05) is 48.5 Å². The Morgan fingerprint density at radius 1 is 0.239 bits per heavy atom. The summed E-state index contributed by atoms with van der Waals surface area (Å²) in [6, 6.07) is 59.7. The van der Waals surface area contributed by atoms with Crippen molar-refractivity contribution >= 4 is 87.0 Å². The molecule has 0 aliphatic rings. The van der Waals surface area contributed by atoms with Gasteiger partial charge in [-0.25, -0.2) is 0 Å². The molecule has 0 saturated carbocycles. The highest BCUT2D eigenvalue weighted by Gasteiger charge is 2.12. The minimum atomic E-state index is 0.664. The lowest BCUT2D eigenvalue weighted by molar-refractivity contribution is 0.618. The summed E-state index contributed by atoms with van der Waals surface area (Å²) in [6.45, 7) is 0. The first-order valence-corrected chi connectivity index (χ1v) is 15.6. The Bertz CT molecular complexity index is 2520. The summed E-state index contributed by atoms with van der Waals surface area (Å²) in [5, 5.41) is 14.4. The monoisotopic (exact) mass is 588 g/mol. The predicted octanol–water partition coefficient (Wildman–Crippen LogP) is 12.9. The van der Waals surface area contributed by atoms with Gasteiger partial charge in [0.25, 0.3) is 0 Å². The second-order valence-corrected chi connectivity index (χ2v) is 11.6. The van der Waals surface area contributed by atoms with Gasteiger partial charge in [0, 0.05) is 0 Å². The van der Waals surface area contributed by atoms with E-state index in [4.69, 9.17) is 8.83 Å². The number of rotatable bonds is 0. The second kappa shape index (κ2) is 10.8. The molecule has 0 fully saturated rings. The molecule has 2 nitrogen and oxygen atoms in total. The molecule has 0 spiro atoms. The Labute approximate surface area is 265 Å². The summed E-state index contributed by atoms with van der Waals surface area (Å²) in [4.78, 5) is 0. The first-order chi connectivity index (χ1) is 22.8. The zero-order chi connectivity index (χ0) is 30.5. The molecule has 0 amide bonds.